The largest absolute Gasteiger partial charge is 0.361 e. The van der Waals surface area contributed by atoms with E-state index in [1.807, 2.05) is 6.20 Å². The summed E-state index contributed by atoms with van der Waals surface area (Å²) in [5.41, 5.74) is 0.218. The Hall–Kier alpha value is -0.570. The van der Waals surface area contributed by atoms with E-state index < -0.39 is 0 Å². The van der Waals surface area contributed by atoms with E-state index in [1.165, 1.54) is 4.88 Å². The quantitative estimate of drug-likeness (QED) is 0.829. The molecule has 0 unspecified atom stereocenters. The molecule has 14 heavy (non-hydrogen) atoms. The lowest BCUT2D eigenvalue weighted by molar-refractivity contribution is 0.602. The van der Waals surface area contributed by atoms with Crippen LogP contribution in [0.2, 0.25) is 0 Å². The van der Waals surface area contributed by atoms with Crippen LogP contribution in [0.25, 0.3) is 0 Å². The summed E-state index contributed by atoms with van der Waals surface area (Å²) in [4.78, 5) is 5.70. The van der Waals surface area contributed by atoms with Crippen LogP contribution in [0.3, 0.4) is 0 Å². The van der Waals surface area contributed by atoms with Gasteiger partial charge in [0.2, 0.25) is 0 Å². The molecule has 1 aromatic rings. The maximum atomic E-state index is 4.36. The van der Waals surface area contributed by atoms with Crippen molar-refractivity contribution >= 4 is 16.5 Å². The maximum Gasteiger partial charge on any atom is 0.182 e. The number of anilines is 1. The number of nitrogens with one attached hydrogen (secondary N) is 1. The van der Waals surface area contributed by atoms with Gasteiger partial charge in [0.25, 0.3) is 0 Å². The molecule has 0 spiro atoms. The molecule has 1 heterocycles. The lowest BCUT2D eigenvalue weighted by Gasteiger charge is -2.14. The van der Waals surface area contributed by atoms with Crippen molar-refractivity contribution in [2.45, 2.75) is 40.0 Å². The first-order chi connectivity index (χ1) is 6.39. The Morgan fingerprint density at radius 1 is 1.43 bits per heavy atom. The van der Waals surface area contributed by atoms with Gasteiger partial charge in [0.1, 0.15) is 0 Å². The first-order valence-electron chi connectivity index (χ1n) is 5.10. The van der Waals surface area contributed by atoms with Gasteiger partial charge in [-0.2, -0.15) is 0 Å². The number of rotatable bonds is 3. The normalized spacial score (nSPS) is 12.1. The zero-order valence-electron chi connectivity index (χ0n) is 9.72. The minimum absolute atomic E-state index is 0.218. The van der Waals surface area contributed by atoms with Gasteiger partial charge in [-0.3, -0.25) is 0 Å². The highest BCUT2D eigenvalue weighted by molar-refractivity contribution is 7.15. The minimum Gasteiger partial charge on any atom is -0.361 e. The molecule has 80 valence electrons. The highest BCUT2D eigenvalue weighted by Gasteiger charge is 2.16. The Labute approximate surface area is 90.8 Å². The van der Waals surface area contributed by atoms with E-state index in [0.717, 1.165) is 11.7 Å². The van der Waals surface area contributed by atoms with Crippen LogP contribution >= 0.6 is 11.3 Å². The van der Waals surface area contributed by atoms with Gasteiger partial charge in [0.15, 0.2) is 5.13 Å². The molecule has 3 heteroatoms. The Morgan fingerprint density at radius 3 is 2.50 bits per heavy atom. The van der Waals surface area contributed by atoms with Crippen molar-refractivity contribution in [1.82, 2.24) is 4.98 Å². The molecule has 0 aliphatic heterocycles. The lowest BCUT2D eigenvalue weighted by atomic mass is 9.96. The van der Waals surface area contributed by atoms with E-state index in [9.17, 15) is 0 Å². The van der Waals surface area contributed by atoms with Crippen LogP contribution in [0.1, 0.15) is 39.5 Å². The molecule has 1 N–H and O–H groups in total. The van der Waals surface area contributed by atoms with Crippen molar-refractivity contribution in [1.29, 1.82) is 0 Å². The lowest BCUT2D eigenvalue weighted by Crippen LogP contribution is -2.08. The predicted octanol–water partition coefficient (Wildman–Crippen LogP) is 3.51. The van der Waals surface area contributed by atoms with Crippen molar-refractivity contribution in [2.75, 3.05) is 11.9 Å². The summed E-state index contributed by atoms with van der Waals surface area (Å²) in [6.07, 6.45) is 1.98. The Kier molecular flexibility index (Phi) is 3.53. The molecule has 0 aliphatic carbocycles. The zero-order valence-corrected chi connectivity index (χ0v) is 10.5. The smallest absolute Gasteiger partial charge is 0.182 e. The van der Waals surface area contributed by atoms with E-state index in [-0.39, 0.29) is 5.41 Å². The Morgan fingerprint density at radius 2 is 2.07 bits per heavy atom. The summed E-state index contributed by atoms with van der Waals surface area (Å²) in [6.45, 7) is 12.0. The molecule has 1 rings (SSSR count). The third kappa shape index (κ3) is 3.29. The summed E-state index contributed by atoms with van der Waals surface area (Å²) in [5.74, 6) is 0.664. The molecule has 0 saturated heterocycles. The molecular formula is C11H20N2S. The molecule has 0 atom stereocenters. The number of thiazole rings is 1. The Bertz CT molecular complexity index is 284. The maximum absolute atomic E-state index is 4.36. The third-order valence-electron chi connectivity index (χ3n) is 1.91. The average molecular weight is 212 g/mol. The van der Waals surface area contributed by atoms with Gasteiger partial charge in [-0.25, -0.2) is 4.98 Å². The van der Waals surface area contributed by atoms with Crippen LogP contribution in [0.15, 0.2) is 6.20 Å². The summed E-state index contributed by atoms with van der Waals surface area (Å²) in [7, 11) is 0. The topological polar surface area (TPSA) is 24.9 Å². The molecule has 0 aromatic carbocycles. The molecule has 0 aliphatic rings. The first kappa shape index (κ1) is 11.5. The van der Waals surface area contributed by atoms with E-state index in [2.05, 4.69) is 44.9 Å². The van der Waals surface area contributed by atoms with Gasteiger partial charge in [-0.05, 0) is 11.3 Å². The highest BCUT2D eigenvalue weighted by atomic mass is 32.1. The fraction of sp³-hybridized carbons (Fsp3) is 0.727. The molecule has 0 bridgehead atoms. The summed E-state index contributed by atoms with van der Waals surface area (Å²) < 4.78 is 0. The van der Waals surface area contributed by atoms with Crippen molar-refractivity contribution in [3.63, 3.8) is 0 Å². The van der Waals surface area contributed by atoms with Crippen LogP contribution in [-0.2, 0) is 5.41 Å². The van der Waals surface area contributed by atoms with Crippen LogP contribution in [0.4, 0.5) is 5.13 Å². The van der Waals surface area contributed by atoms with Gasteiger partial charge in [-0.1, -0.05) is 34.6 Å². The summed E-state index contributed by atoms with van der Waals surface area (Å²) >= 11 is 1.76. The zero-order chi connectivity index (χ0) is 10.8. The predicted molar refractivity (Wildman–Crippen MR) is 64.1 cm³/mol. The minimum atomic E-state index is 0.218. The summed E-state index contributed by atoms with van der Waals surface area (Å²) in [5, 5.41) is 4.39. The van der Waals surface area contributed by atoms with E-state index in [1.54, 1.807) is 11.3 Å². The fourth-order valence-corrected chi connectivity index (χ4v) is 1.87. The Balaban J connectivity index is 2.60. The van der Waals surface area contributed by atoms with Gasteiger partial charge >= 0.3 is 0 Å². The second-order valence-corrected chi connectivity index (χ2v) is 6.09. The third-order valence-corrected chi connectivity index (χ3v) is 3.29. The van der Waals surface area contributed by atoms with Gasteiger partial charge in [0.05, 0.1) is 0 Å². The second kappa shape index (κ2) is 4.30. The van der Waals surface area contributed by atoms with E-state index >= 15 is 0 Å². The van der Waals surface area contributed by atoms with Crippen molar-refractivity contribution in [3.8, 4) is 0 Å². The van der Waals surface area contributed by atoms with Gasteiger partial charge in [-0.15, -0.1) is 11.3 Å². The van der Waals surface area contributed by atoms with Crippen molar-refractivity contribution in [3.05, 3.63) is 11.1 Å². The first-order valence-corrected chi connectivity index (χ1v) is 5.91. The molecule has 0 amide bonds. The molecule has 2 nitrogen and oxygen atoms in total. The van der Waals surface area contributed by atoms with Crippen LogP contribution in [0.5, 0.6) is 0 Å². The number of hydrogen-bond donors (Lipinski definition) is 1. The standard InChI is InChI=1S/C11H20N2S/c1-8(2)6-12-10-13-7-9(14-10)11(3,4)5/h7-8H,6H2,1-5H3,(H,12,13). The van der Waals surface area contributed by atoms with Crippen LogP contribution < -0.4 is 5.32 Å². The molecular weight excluding hydrogens is 192 g/mol. The highest BCUT2D eigenvalue weighted by Crippen LogP contribution is 2.29. The average Bonchev–Trinajstić information content (AvgIpc) is 2.47. The van der Waals surface area contributed by atoms with Crippen molar-refractivity contribution < 1.29 is 0 Å². The number of aromatic nitrogens is 1. The van der Waals surface area contributed by atoms with Crippen molar-refractivity contribution in [2.24, 2.45) is 5.92 Å². The van der Waals surface area contributed by atoms with E-state index in [4.69, 9.17) is 0 Å². The second-order valence-electron chi connectivity index (χ2n) is 5.05. The van der Waals surface area contributed by atoms with Gasteiger partial charge in [0, 0.05) is 17.6 Å². The fourth-order valence-electron chi connectivity index (χ4n) is 0.994. The number of nitrogens with zero attached hydrogens (tertiary/aromatic N) is 1. The molecule has 0 fully saturated rings. The SMILES string of the molecule is CC(C)CNc1ncc(C(C)(C)C)s1. The molecule has 0 radical (unpaired) electrons. The molecule has 0 saturated carbocycles. The van der Waals surface area contributed by atoms with Crippen LogP contribution in [-0.4, -0.2) is 11.5 Å². The monoisotopic (exact) mass is 212 g/mol. The molecule has 1 aromatic heterocycles. The summed E-state index contributed by atoms with van der Waals surface area (Å²) in [6, 6.07) is 0. The van der Waals surface area contributed by atoms with Crippen LogP contribution in [0, 0.1) is 5.92 Å². The number of hydrogen-bond acceptors (Lipinski definition) is 3. The van der Waals surface area contributed by atoms with Gasteiger partial charge < -0.3 is 5.32 Å². The van der Waals surface area contributed by atoms with E-state index in [0.29, 0.717) is 5.92 Å².